The quantitative estimate of drug-likeness (QED) is 0.707. The summed E-state index contributed by atoms with van der Waals surface area (Å²) in [6.45, 7) is 0. The first-order chi connectivity index (χ1) is 11.7. The van der Waals surface area contributed by atoms with Crippen molar-refractivity contribution in [3.05, 3.63) is 65.0 Å². The van der Waals surface area contributed by atoms with Gasteiger partial charge in [0.15, 0.2) is 0 Å². The number of pyridine rings is 1. The van der Waals surface area contributed by atoms with Crippen LogP contribution in [0, 0.1) is 0 Å². The number of aryl methyl sites for hydroxylation is 1. The molecule has 1 aromatic carbocycles. The van der Waals surface area contributed by atoms with Gasteiger partial charge in [-0.25, -0.2) is 4.79 Å². The number of benzene rings is 1. The number of nitrogens with zero attached hydrogens (tertiary/aromatic N) is 1. The molecule has 2 aromatic heterocycles. The molecule has 1 aliphatic carbocycles. The van der Waals surface area contributed by atoms with Crippen molar-refractivity contribution in [1.82, 2.24) is 9.97 Å². The van der Waals surface area contributed by atoms with Crippen molar-refractivity contribution in [3.63, 3.8) is 0 Å². The van der Waals surface area contributed by atoms with E-state index in [2.05, 4.69) is 34.2 Å². The number of aromatic nitrogens is 2. The molecule has 1 unspecified atom stereocenters. The number of nitrogens with one attached hydrogen (secondary N) is 1. The number of aromatic amines is 1. The van der Waals surface area contributed by atoms with Crippen molar-refractivity contribution in [1.29, 1.82) is 0 Å². The van der Waals surface area contributed by atoms with Crippen LogP contribution in [-0.2, 0) is 12.8 Å². The Balaban J connectivity index is 1.70. The number of hydrogen-bond donors (Lipinski definition) is 2. The van der Waals surface area contributed by atoms with Gasteiger partial charge in [0.2, 0.25) is 0 Å². The van der Waals surface area contributed by atoms with Gasteiger partial charge in [0.1, 0.15) is 0 Å². The van der Waals surface area contributed by atoms with Gasteiger partial charge >= 0.3 is 5.97 Å². The third-order valence-electron chi connectivity index (χ3n) is 5.02. The molecule has 4 heteroatoms. The number of carbonyl (C=O) groups is 1. The molecular formula is C20H20N2O2. The molecule has 1 atom stereocenters. The average molecular weight is 320 g/mol. The predicted molar refractivity (Wildman–Crippen MR) is 93.5 cm³/mol. The Labute approximate surface area is 140 Å². The van der Waals surface area contributed by atoms with E-state index in [4.69, 9.17) is 0 Å². The van der Waals surface area contributed by atoms with Crippen LogP contribution in [0.5, 0.6) is 0 Å². The molecule has 0 aliphatic heterocycles. The maximum atomic E-state index is 11.4. The first-order valence-corrected chi connectivity index (χ1v) is 8.50. The van der Waals surface area contributed by atoms with Crippen LogP contribution in [0.15, 0.2) is 42.6 Å². The molecule has 0 bridgehead atoms. The molecule has 0 spiro atoms. The fourth-order valence-corrected chi connectivity index (χ4v) is 3.87. The van der Waals surface area contributed by atoms with Gasteiger partial charge in [-0.1, -0.05) is 30.7 Å². The first-order valence-electron chi connectivity index (χ1n) is 8.50. The molecule has 0 saturated heterocycles. The van der Waals surface area contributed by atoms with Crippen LogP contribution >= 0.6 is 0 Å². The number of carboxylic acids is 1. The standard InChI is InChI=1S/C20H20N2O2/c23-20(24)17-9-10-21-18-12-15(22-19(17)18)11-14-7-2-1-5-13-6-3-4-8-16(13)14/h3-4,6,8-10,12,14,22H,1-2,5,7,11H2,(H,23,24). The van der Waals surface area contributed by atoms with Gasteiger partial charge in [0.25, 0.3) is 0 Å². The minimum absolute atomic E-state index is 0.285. The van der Waals surface area contributed by atoms with Gasteiger partial charge in [-0.3, -0.25) is 4.98 Å². The van der Waals surface area contributed by atoms with Crippen LogP contribution in [0.2, 0.25) is 0 Å². The normalized spacial score (nSPS) is 17.4. The Morgan fingerprint density at radius 3 is 3.00 bits per heavy atom. The van der Waals surface area contributed by atoms with Crippen molar-refractivity contribution in [2.24, 2.45) is 0 Å². The Morgan fingerprint density at radius 1 is 1.25 bits per heavy atom. The van der Waals surface area contributed by atoms with Crippen molar-refractivity contribution in [3.8, 4) is 0 Å². The van der Waals surface area contributed by atoms with Crippen LogP contribution in [-0.4, -0.2) is 21.0 Å². The van der Waals surface area contributed by atoms with E-state index < -0.39 is 5.97 Å². The van der Waals surface area contributed by atoms with Gasteiger partial charge < -0.3 is 10.1 Å². The molecule has 3 aromatic rings. The Hall–Kier alpha value is -2.62. The van der Waals surface area contributed by atoms with E-state index in [1.54, 1.807) is 12.3 Å². The summed E-state index contributed by atoms with van der Waals surface area (Å²) in [5.41, 5.74) is 5.61. The zero-order valence-corrected chi connectivity index (χ0v) is 13.5. The maximum Gasteiger partial charge on any atom is 0.337 e. The lowest BCUT2D eigenvalue weighted by Crippen LogP contribution is -2.04. The van der Waals surface area contributed by atoms with E-state index in [0.717, 1.165) is 24.1 Å². The highest BCUT2D eigenvalue weighted by atomic mass is 16.4. The second-order valence-corrected chi connectivity index (χ2v) is 6.56. The van der Waals surface area contributed by atoms with Crippen LogP contribution in [0.25, 0.3) is 11.0 Å². The second kappa shape index (κ2) is 6.11. The molecule has 1 aliphatic rings. The largest absolute Gasteiger partial charge is 0.478 e. The molecule has 4 nitrogen and oxygen atoms in total. The third kappa shape index (κ3) is 2.68. The summed E-state index contributed by atoms with van der Waals surface area (Å²) in [7, 11) is 0. The molecule has 0 amide bonds. The summed E-state index contributed by atoms with van der Waals surface area (Å²) in [5.74, 6) is -0.444. The summed E-state index contributed by atoms with van der Waals surface area (Å²) >= 11 is 0. The number of carboxylic acid groups (broad SMARTS) is 1. The third-order valence-corrected chi connectivity index (χ3v) is 5.02. The maximum absolute atomic E-state index is 11.4. The number of aromatic carboxylic acids is 1. The van der Waals surface area contributed by atoms with Gasteiger partial charge in [-0.15, -0.1) is 0 Å². The fourth-order valence-electron chi connectivity index (χ4n) is 3.87. The molecule has 0 fully saturated rings. The highest BCUT2D eigenvalue weighted by molar-refractivity contribution is 6.00. The topological polar surface area (TPSA) is 66.0 Å². The Morgan fingerprint density at radius 2 is 2.12 bits per heavy atom. The molecular weight excluding hydrogens is 300 g/mol. The number of rotatable bonds is 3. The molecule has 122 valence electrons. The summed E-state index contributed by atoms with van der Waals surface area (Å²) < 4.78 is 0. The zero-order chi connectivity index (χ0) is 16.5. The lowest BCUT2D eigenvalue weighted by molar-refractivity contribution is 0.0698. The highest BCUT2D eigenvalue weighted by Gasteiger charge is 2.20. The number of hydrogen-bond acceptors (Lipinski definition) is 2. The van der Waals surface area contributed by atoms with Crippen LogP contribution in [0.1, 0.15) is 52.4 Å². The van der Waals surface area contributed by atoms with E-state index in [9.17, 15) is 9.90 Å². The van der Waals surface area contributed by atoms with Crippen molar-refractivity contribution >= 4 is 17.0 Å². The summed E-state index contributed by atoms with van der Waals surface area (Å²) in [5, 5.41) is 9.33. The average Bonchev–Trinajstić information content (AvgIpc) is 2.89. The minimum Gasteiger partial charge on any atom is -0.478 e. The van der Waals surface area contributed by atoms with Crippen molar-refractivity contribution in [2.75, 3.05) is 0 Å². The van der Waals surface area contributed by atoms with Crippen molar-refractivity contribution < 1.29 is 9.90 Å². The van der Waals surface area contributed by atoms with Crippen LogP contribution < -0.4 is 0 Å². The lowest BCUT2D eigenvalue weighted by Gasteiger charge is -2.16. The van der Waals surface area contributed by atoms with Crippen LogP contribution in [0.4, 0.5) is 0 Å². The smallest absolute Gasteiger partial charge is 0.337 e. The van der Waals surface area contributed by atoms with Gasteiger partial charge in [0.05, 0.1) is 16.6 Å². The van der Waals surface area contributed by atoms with Gasteiger partial charge in [0, 0.05) is 11.9 Å². The fraction of sp³-hybridized carbons (Fsp3) is 0.300. The highest BCUT2D eigenvalue weighted by Crippen LogP contribution is 2.33. The van der Waals surface area contributed by atoms with Crippen LogP contribution in [0.3, 0.4) is 0 Å². The minimum atomic E-state index is -0.921. The molecule has 24 heavy (non-hydrogen) atoms. The second-order valence-electron chi connectivity index (χ2n) is 6.56. The molecule has 0 saturated carbocycles. The predicted octanol–water partition coefficient (Wildman–Crippen LogP) is 4.31. The van der Waals surface area contributed by atoms with Gasteiger partial charge in [-0.2, -0.15) is 0 Å². The molecule has 2 heterocycles. The lowest BCUT2D eigenvalue weighted by atomic mass is 9.89. The van der Waals surface area contributed by atoms with E-state index in [0.29, 0.717) is 11.4 Å². The number of H-pyrrole nitrogens is 1. The summed E-state index contributed by atoms with van der Waals surface area (Å²) in [6.07, 6.45) is 7.26. The van der Waals surface area contributed by atoms with E-state index >= 15 is 0 Å². The molecule has 2 N–H and O–H groups in total. The Bertz CT molecular complexity index is 898. The number of fused-ring (bicyclic) bond motifs is 2. The molecule has 0 radical (unpaired) electrons. The van der Waals surface area contributed by atoms with Crippen molar-refractivity contribution in [2.45, 2.75) is 38.0 Å². The van der Waals surface area contributed by atoms with Gasteiger partial charge in [-0.05, 0) is 54.9 Å². The van der Waals surface area contributed by atoms with E-state index in [1.165, 1.54) is 30.4 Å². The summed E-state index contributed by atoms with van der Waals surface area (Å²) in [6, 6.07) is 12.3. The summed E-state index contributed by atoms with van der Waals surface area (Å²) in [4.78, 5) is 19.0. The zero-order valence-electron chi connectivity index (χ0n) is 13.5. The SMILES string of the molecule is O=C(O)c1ccnc2cc(CC3CCCCc4ccccc43)[nH]c12. The monoisotopic (exact) mass is 320 g/mol. The van der Waals surface area contributed by atoms with E-state index in [-0.39, 0.29) is 5.56 Å². The van der Waals surface area contributed by atoms with E-state index in [1.807, 2.05) is 6.07 Å². The Kier molecular flexibility index (Phi) is 3.81. The first kappa shape index (κ1) is 14.9. The molecule has 4 rings (SSSR count).